The Kier molecular flexibility index (Phi) is 1.58. The highest BCUT2D eigenvalue weighted by atomic mass is 35.5. The van der Waals surface area contributed by atoms with Gasteiger partial charge in [0.25, 0.3) is 5.52 Å². The minimum atomic E-state index is 0.402. The molecule has 0 amide bonds. The van der Waals surface area contributed by atoms with Gasteiger partial charge >= 0.3 is 0 Å². The maximum atomic E-state index is 11.5. The van der Waals surface area contributed by atoms with Gasteiger partial charge in [-0.3, -0.25) is 0 Å². The van der Waals surface area contributed by atoms with Crippen molar-refractivity contribution in [1.29, 1.82) is 0 Å². The van der Waals surface area contributed by atoms with Crippen LogP contribution in [0.1, 0.15) is 0 Å². The zero-order chi connectivity index (χ0) is 10.4. The average molecular weight is 221 g/mol. The molecule has 0 spiro atoms. The number of aromatic nitrogens is 4. The van der Waals surface area contributed by atoms with Gasteiger partial charge in [0.1, 0.15) is 5.52 Å². The van der Waals surface area contributed by atoms with Crippen molar-refractivity contribution < 1.29 is 4.85 Å². The van der Waals surface area contributed by atoms with Gasteiger partial charge in [-0.05, 0) is 17.0 Å². The zero-order valence-electron chi connectivity index (χ0n) is 7.46. The molecule has 6 heteroatoms. The maximum absolute atomic E-state index is 11.5. The molecule has 0 saturated heterocycles. The van der Waals surface area contributed by atoms with E-state index in [0.29, 0.717) is 26.5 Å². The smallest absolute Gasteiger partial charge is 0.272 e. The Morgan fingerprint density at radius 1 is 1.33 bits per heavy atom. The van der Waals surface area contributed by atoms with Gasteiger partial charge in [0, 0.05) is 22.3 Å². The van der Waals surface area contributed by atoms with Crippen molar-refractivity contribution in [3.63, 3.8) is 0 Å². The quantitative estimate of drug-likeness (QED) is 0.422. The van der Waals surface area contributed by atoms with Crippen LogP contribution in [0.15, 0.2) is 30.5 Å². The second-order valence-corrected chi connectivity index (χ2v) is 3.54. The Morgan fingerprint density at radius 2 is 2.20 bits per heavy atom. The van der Waals surface area contributed by atoms with E-state index >= 15 is 0 Å². The van der Waals surface area contributed by atoms with E-state index in [9.17, 15) is 5.21 Å². The number of hydrogen-bond donors (Lipinski definition) is 0. The van der Waals surface area contributed by atoms with E-state index in [1.54, 1.807) is 35.0 Å². The summed E-state index contributed by atoms with van der Waals surface area (Å²) in [6, 6.07) is 6.69. The maximum Gasteiger partial charge on any atom is 0.272 e. The minimum absolute atomic E-state index is 0.402. The van der Waals surface area contributed by atoms with E-state index in [-0.39, 0.29) is 0 Å². The van der Waals surface area contributed by atoms with Gasteiger partial charge in [-0.25, -0.2) is 4.52 Å². The van der Waals surface area contributed by atoms with Crippen molar-refractivity contribution in [2.45, 2.75) is 0 Å². The highest BCUT2D eigenvalue weighted by Gasteiger charge is 2.11. The van der Waals surface area contributed by atoms with Crippen molar-refractivity contribution in [2.24, 2.45) is 0 Å². The lowest BCUT2D eigenvalue weighted by Gasteiger charge is -2.01. The molecule has 0 unspecified atom stereocenters. The summed E-state index contributed by atoms with van der Waals surface area (Å²) < 4.78 is 1.60. The molecule has 0 saturated carbocycles. The average Bonchev–Trinajstić information content (AvgIpc) is 2.66. The fourth-order valence-corrected chi connectivity index (χ4v) is 1.70. The van der Waals surface area contributed by atoms with Crippen LogP contribution >= 0.6 is 11.6 Å². The first-order chi connectivity index (χ1) is 7.25. The van der Waals surface area contributed by atoms with Gasteiger partial charge in [0.2, 0.25) is 5.65 Å². The van der Waals surface area contributed by atoms with Crippen LogP contribution in [-0.4, -0.2) is 14.7 Å². The standard InChI is InChI=1S/C9H5ClN4O/c10-6-1-2-7-8(5-6)14(15)12-9-3-4-11-13(7)9/h1-5H. The zero-order valence-corrected chi connectivity index (χ0v) is 8.22. The van der Waals surface area contributed by atoms with E-state index in [2.05, 4.69) is 10.2 Å². The van der Waals surface area contributed by atoms with Crippen LogP contribution in [0, 0.1) is 5.21 Å². The number of halogens is 1. The molecule has 0 bridgehead atoms. The van der Waals surface area contributed by atoms with Crippen LogP contribution in [0.3, 0.4) is 0 Å². The van der Waals surface area contributed by atoms with E-state index < -0.39 is 0 Å². The lowest BCUT2D eigenvalue weighted by atomic mass is 10.3. The third-order valence-electron chi connectivity index (χ3n) is 2.19. The third-order valence-corrected chi connectivity index (χ3v) is 2.42. The Labute approximate surface area is 89.1 Å². The predicted octanol–water partition coefficient (Wildman–Crippen LogP) is 1.17. The monoisotopic (exact) mass is 220 g/mol. The molecular weight excluding hydrogens is 216 g/mol. The lowest BCUT2D eigenvalue weighted by molar-refractivity contribution is -0.640. The normalized spacial score (nSPS) is 11.3. The molecule has 0 aliphatic carbocycles. The molecule has 0 fully saturated rings. The van der Waals surface area contributed by atoms with E-state index in [1.165, 1.54) is 0 Å². The first-order valence-electron chi connectivity index (χ1n) is 4.28. The number of benzene rings is 1. The van der Waals surface area contributed by atoms with Gasteiger partial charge in [0.15, 0.2) is 0 Å². The molecule has 2 aromatic heterocycles. The van der Waals surface area contributed by atoms with Crippen molar-refractivity contribution in [1.82, 2.24) is 14.7 Å². The molecule has 0 radical (unpaired) electrons. The highest BCUT2D eigenvalue weighted by Crippen LogP contribution is 2.16. The van der Waals surface area contributed by atoms with E-state index in [0.717, 1.165) is 0 Å². The first kappa shape index (κ1) is 8.43. The molecule has 2 heterocycles. The van der Waals surface area contributed by atoms with E-state index in [1.807, 2.05) is 0 Å². The molecule has 3 aromatic rings. The van der Waals surface area contributed by atoms with Gasteiger partial charge < -0.3 is 5.21 Å². The second-order valence-electron chi connectivity index (χ2n) is 3.11. The molecule has 0 aliphatic rings. The summed E-state index contributed by atoms with van der Waals surface area (Å²) in [7, 11) is 0. The number of hydrogen-bond acceptors (Lipinski definition) is 3. The van der Waals surface area contributed by atoms with Crippen LogP contribution < -0.4 is 4.85 Å². The van der Waals surface area contributed by atoms with E-state index in [4.69, 9.17) is 11.6 Å². The Balaban J connectivity index is 2.61. The molecule has 15 heavy (non-hydrogen) atoms. The van der Waals surface area contributed by atoms with Crippen molar-refractivity contribution in [3.8, 4) is 0 Å². The fraction of sp³-hybridized carbons (Fsp3) is 0. The Bertz CT molecular complexity index is 664. The molecule has 0 N–H and O–H groups in total. The van der Waals surface area contributed by atoms with Crippen LogP contribution in [0.5, 0.6) is 0 Å². The van der Waals surface area contributed by atoms with Crippen LogP contribution in [0.25, 0.3) is 16.7 Å². The van der Waals surface area contributed by atoms with Gasteiger partial charge in [0.05, 0.1) is 6.20 Å². The van der Waals surface area contributed by atoms with Crippen molar-refractivity contribution >= 4 is 28.3 Å². The van der Waals surface area contributed by atoms with Crippen molar-refractivity contribution in [2.75, 3.05) is 0 Å². The summed E-state index contributed by atoms with van der Waals surface area (Å²) in [6.45, 7) is 0. The van der Waals surface area contributed by atoms with Crippen LogP contribution in [-0.2, 0) is 0 Å². The fourth-order valence-electron chi connectivity index (χ4n) is 1.53. The Hall–Kier alpha value is -1.88. The minimum Gasteiger partial charge on any atom is -0.594 e. The third kappa shape index (κ3) is 1.13. The number of fused-ring (bicyclic) bond motifs is 3. The summed E-state index contributed by atoms with van der Waals surface area (Å²) in [4.78, 5) is 0.554. The topological polar surface area (TPSA) is 57.1 Å². The summed E-state index contributed by atoms with van der Waals surface area (Å²) in [5, 5.41) is 19.9. The second kappa shape index (κ2) is 2.80. The first-order valence-corrected chi connectivity index (χ1v) is 4.66. The van der Waals surface area contributed by atoms with Crippen LogP contribution in [0.2, 0.25) is 5.02 Å². The van der Waals surface area contributed by atoms with Gasteiger partial charge in [-0.1, -0.05) is 11.6 Å². The molecule has 1 aromatic carbocycles. The lowest BCUT2D eigenvalue weighted by Crippen LogP contribution is -2.33. The molecule has 3 rings (SSSR count). The molecule has 0 atom stereocenters. The molecule has 0 aliphatic heterocycles. The highest BCUT2D eigenvalue weighted by molar-refractivity contribution is 6.31. The number of nitrogens with zero attached hydrogens (tertiary/aromatic N) is 4. The van der Waals surface area contributed by atoms with Crippen molar-refractivity contribution in [3.05, 3.63) is 40.7 Å². The molecule has 74 valence electrons. The predicted molar refractivity (Wildman–Crippen MR) is 54.5 cm³/mol. The summed E-state index contributed by atoms with van der Waals surface area (Å²) in [6.07, 6.45) is 1.59. The molecule has 5 nitrogen and oxygen atoms in total. The Morgan fingerprint density at radius 3 is 3.07 bits per heavy atom. The van der Waals surface area contributed by atoms with Gasteiger partial charge in [-0.15, -0.1) is 0 Å². The SMILES string of the molecule is [O-][n+]1nc2ccnn2c2ccc(Cl)cc21. The summed E-state index contributed by atoms with van der Waals surface area (Å²) >= 11 is 5.81. The summed E-state index contributed by atoms with van der Waals surface area (Å²) in [5.74, 6) is 0. The number of rotatable bonds is 0. The van der Waals surface area contributed by atoms with Crippen LogP contribution in [0.4, 0.5) is 0 Å². The summed E-state index contributed by atoms with van der Waals surface area (Å²) in [5.41, 5.74) is 1.60. The molecular formula is C9H5ClN4O. The largest absolute Gasteiger partial charge is 0.594 e. The van der Waals surface area contributed by atoms with Gasteiger partial charge in [-0.2, -0.15) is 5.10 Å².